The van der Waals surface area contributed by atoms with Crippen LogP contribution in [0.1, 0.15) is 24.8 Å². The van der Waals surface area contributed by atoms with Crippen LogP contribution in [0.4, 0.5) is 0 Å². The van der Waals surface area contributed by atoms with E-state index in [9.17, 15) is 0 Å². The van der Waals surface area contributed by atoms with Crippen molar-refractivity contribution in [3.63, 3.8) is 0 Å². The number of nitrogens with zero attached hydrogens (tertiary/aromatic N) is 1. The Hall–Kier alpha value is -0.600. The predicted molar refractivity (Wildman–Crippen MR) is 67.7 cm³/mol. The average molecular weight is 239 g/mol. The fourth-order valence-electron chi connectivity index (χ4n) is 2.77. The quantitative estimate of drug-likeness (QED) is 0.873. The summed E-state index contributed by atoms with van der Waals surface area (Å²) in [5.41, 5.74) is 1.25. The Morgan fingerprint density at radius 1 is 1.44 bits per heavy atom. The van der Waals surface area contributed by atoms with Gasteiger partial charge in [-0.1, -0.05) is 18.0 Å². The molecule has 0 aliphatic heterocycles. The molecule has 0 amide bonds. The lowest BCUT2D eigenvalue weighted by Crippen LogP contribution is -2.23. The first kappa shape index (κ1) is 11.9. The summed E-state index contributed by atoms with van der Waals surface area (Å²) in [5, 5.41) is 4.11. The van der Waals surface area contributed by atoms with Crippen molar-refractivity contribution in [2.45, 2.75) is 25.7 Å². The molecule has 1 aliphatic rings. The van der Waals surface area contributed by atoms with Crippen LogP contribution < -0.4 is 5.32 Å². The molecule has 0 aromatic carbocycles. The third-order valence-corrected chi connectivity index (χ3v) is 3.96. The van der Waals surface area contributed by atoms with Crippen LogP contribution in [-0.4, -0.2) is 18.6 Å². The van der Waals surface area contributed by atoms with Gasteiger partial charge < -0.3 is 5.32 Å². The van der Waals surface area contributed by atoms with E-state index in [1.165, 1.54) is 24.8 Å². The van der Waals surface area contributed by atoms with E-state index in [1.807, 2.05) is 13.2 Å². The van der Waals surface area contributed by atoms with Gasteiger partial charge in [0, 0.05) is 12.4 Å². The van der Waals surface area contributed by atoms with Gasteiger partial charge in [0.15, 0.2) is 0 Å². The number of nitrogens with one attached hydrogen (secondary N) is 1. The first-order valence-corrected chi connectivity index (χ1v) is 6.42. The number of pyridine rings is 1. The fraction of sp³-hybridized carbons (Fsp3) is 0.615. The molecular weight excluding hydrogens is 220 g/mol. The Bertz CT molecular complexity index is 340. The molecule has 1 heterocycles. The molecule has 3 heteroatoms. The van der Waals surface area contributed by atoms with Gasteiger partial charge in [0.05, 0.1) is 5.02 Å². The van der Waals surface area contributed by atoms with Crippen molar-refractivity contribution in [2.75, 3.05) is 13.6 Å². The first-order chi connectivity index (χ1) is 7.81. The zero-order valence-corrected chi connectivity index (χ0v) is 10.5. The average Bonchev–Trinajstić information content (AvgIpc) is 2.70. The van der Waals surface area contributed by atoms with Gasteiger partial charge in [-0.3, -0.25) is 4.98 Å². The highest BCUT2D eigenvalue weighted by Crippen LogP contribution is 2.34. The molecule has 1 fully saturated rings. The molecule has 0 radical (unpaired) electrons. The maximum Gasteiger partial charge on any atom is 0.0621 e. The van der Waals surface area contributed by atoms with Crippen LogP contribution in [0.3, 0.4) is 0 Å². The predicted octanol–water partition coefficient (Wildman–Crippen LogP) is 2.91. The second-order valence-electron chi connectivity index (χ2n) is 4.68. The van der Waals surface area contributed by atoms with Crippen molar-refractivity contribution >= 4 is 11.6 Å². The van der Waals surface area contributed by atoms with Crippen LogP contribution in [0.5, 0.6) is 0 Å². The Balaban J connectivity index is 2.01. The van der Waals surface area contributed by atoms with E-state index in [0.717, 1.165) is 29.8 Å². The van der Waals surface area contributed by atoms with E-state index in [0.29, 0.717) is 0 Å². The van der Waals surface area contributed by atoms with E-state index in [4.69, 9.17) is 11.6 Å². The molecule has 0 saturated heterocycles. The summed E-state index contributed by atoms with van der Waals surface area (Å²) < 4.78 is 0. The van der Waals surface area contributed by atoms with Crippen molar-refractivity contribution in [2.24, 2.45) is 11.8 Å². The molecule has 2 rings (SSSR count). The molecule has 16 heavy (non-hydrogen) atoms. The van der Waals surface area contributed by atoms with Gasteiger partial charge in [0.1, 0.15) is 0 Å². The van der Waals surface area contributed by atoms with Crippen LogP contribution in [0, 0.1) is 11.8 Å². The monoisotopic (exact) mass is 238 g/mol. The van der Waals surface area contributed by atoms with E-state index < -0.39 is 0 Å². The zero-order chi connectivity index (χ0) is 11.4. The number of halogens is 1. The van der Waals surface area contributed by atoms with Crippen LogP contribution in [0.25, 0.3) is 0 Å². The first-order valence-electron chi connectivity index (χ1n) is 6.04. The summed E-state index contributed by atoms with van der Waals surface area (Å²) in [6.45, 7) is 1.13. The van der Waals surface area contributed by atoms with Crippen molar-refractivity contribution in [1.29, 1.82) is 0 Å². The maximum atomic E-state index is 6.15. The topological polar surface area (TPSA) is 24.9 Å². The standard InChI is InChI=1S/C13H19ClN2/c1-15-8-12-4-2-3-10(12)7-11-5-6-16-9-13(11)14/h5-6,9-10,12,15H,2-4,7-8H2,1H3. The lowest BCUT2D eigenvalue weighted by molar-refractivity contribution is 0.374. The number of hydrogen-bond donors (Lipinski definition) is 1. The molecule has 2 unspecified atom stereocenters. The largest absolute Gasteiger partial charge is 0.319 e. The smallest absolute Gasteiger partial charge is 0.0621 e. The summed E-state index contributed by atoms with van der Waals surface area (Å²) in [5.74, 6) is 1.60. The van der Waals surface area contributed by atoms with E-state index in [-0.39, 0.29) is 0 Å². The minimum Gasteiger partial charge on any atom is -0.319 e. The summed E-state index contributed by atoms with van der Waals surface area (Å²) in [6.07, 6.45) is 8.74. The van der Waals surface area contributed by atoms with Gasteiger partial charge >= 0.3 is 0 Å². The number of hydrogen-bond acceptors (Lipinski definition) is 2. The highest BCUT2D eigenvalue weighted by atomic mass is 35.5. The van der Waals surface area contributed by atoms with Gasteiger partial charge in [-0.2, -0.15) is 0 Å². The zero-order valence-electron chi connectivity index (χ0n) is 9.75. The third-order valence-electron chi connectivity index (χ3n) is 3.62. The SMILES string of the molecule is CNCC1CCCC1Cc1ccncc1Cl. The van der Waals surface area contributed by atoms with Crippen molar-refractivity contribution in [3.05, 3.63) is 29.0 Å². The van der Waals surface area contributed by atoms with Crippen molar-refractivity contribution in [1.82, 2.24) is 10.3 Å². The molecule has 2 atom stereocenters. The molecule has 1 N–H and O–H groups in total. The lowest BCUT2D eigenvalue weighted by atomic mass is 9.90. The molecule has 1 aliphatic carbocycles. The van der Waals surface area contributed by atoms with Gasteiger partial charge in [0.25, 0.3) is 0 Å². The van der Waals surface area contributed by atoms with Crippen molar-refractivity contribution < 1.29 is 0 Å². The molecule has 0 spiro atoms. The third kappa shape index (κ3) is 2.74. The molecule has 2 nitrogen and oxygen atoms in total. The van der Waals surface area contributed by atoms with Crippen LogP contribution in [0.2, 0.25) is 5.02 Å². The molecule has 1 saturated carbocycles. The molecule has 88 valence electrons. The molecule has 0 bridgehead atoms. The fourth-order valence-corrected chi connectivity index (χ4v) is 2.96. The molecule has 1 aromatic rings. The van der Waals surface area contributed by atoms with Crippen LogP contribution >= 0.6 is 11.6 Å². The Labute approximate surface area is 102 Å². The van der Waals surface area contributed by atoms with Gasteiger partial charge in [-0.05, 0) is 56.3 Å². The Kier molecular flexibility index (Phi) is 4.19. The minimum absolute atomic E-state index is 0.785. The lowest BCUT2D eigenvalue weighted by Gasteiger charge is -2.19. The number of aromatic nitrogens is 1. The van der Waals surface area contributed by atoms with E-state index >= 15 is 0 Å². The maximum absolute atomic E-state index is 6.15. The highest BCUT2D eigenvalue weighted by molar-refractivity contribution is 6.31. The summed E-state index contributed by atoms with van der Waals surface area (Å²) in [7, 11) is 2.04. The second kappa shape index (κ2) is 5.65. The summed E-state index contributed by atoms with van der Waals surface area (Å²) >= 11 is 6.15. The molecular formula is C13H19ClN2. The van der Waals surface area contributed by atoms with Gasteiger partial charge in [-0.25, -0.2) is 0 Å². The highest BCUT2D eigenvalue weighted by Gasteiger charge is 2.27. The van der Waals surface area contributed by atoms with Gasteiger partial charge in [-0.15, -0.1) is 0 Å². The normalized spacial score (nSPS) is 24.9. The van der Waals surface area contributed by atoms with Gasteiger partial charge in [0.2, 0.25) is 0 Å². The molecule has 1 aromatic heterocycles. The number of rotatable bonds is 4. The minimum atomic E-state index is 0.785. The summed E-state index contributed by atoms with van der Waals surface area (Å²) in [4.78, 5) is 4.03. The Morgan fingerprint density at radius 2 is 2.25 bits per heavy atom. The van der Waals surface area contributed by atoms with E-state index in [1.54, 1.807) is 6.20 Å². The van der Waals surface area contributed by atoms with Crippen molar-refractivity contribution in [3.8, 4) is 0 Å². The second-order valence-corrected chi connectivity index (χ2v) is 5.09. The summed E-state index contributed by atoms with van der Waals surface area (Å²) in [6, 6.07) is 2.05. The Morgan fingerprint density at radius 3 is 3.00 bits per heavy atom. The van der Waals surface area contributed by atoms with Crippen LogP contribution in [-0.2, 0) is 6.42 Å². The van der Waals surface area contributed by atoms with Crippen LogP contribution in [0.15, 0.2) is 18.5 Å². The van der Waals surface area contributed by atoms with E-state index in [2.05, 4.69) is 16.4 Å².